The Morgan fingerprint density at radius 3 is 2.57 bits per heavy atom. The fraction of sp³-hybridized carbons (Fsp3) is 0.667. The molecule has 0 bridgehead atoms. The second kappa shape index (κ2) is 5.96. The fourth-order valence-electron chi connectivity index (χ4n) is 2.87. The molecule has 1 saturated carbocycles. The molecule has 1 aliphatic heterocycles. The van der Waals surface area contributed by atoms with E-state index < -0.39 is 0 Å². The number of nitriles is 1. The van der Waals surface area contributed by atoms with Crippen LogP contribution in [0.15, 0.2) is 12.4 Å². The normalized spacial score (nSPS) is 23.8. The van der Waals surface area contributed by atoms with E-state index in [2.05, 4.69) is 25.8 Å². The van der Waals surface area contributed by atoms with E-state index in [-0.39, 0.29) is 6.04 Å². The molecular formula is C15H22N6. The Labute approximate surface area is 126 Å². The third kappa shape index (κ3) is 3.31. The summed E-state index contributed by atoms with van der Waals surface area (Å²) in [5.41, 5.74) is 1.11. The fourth-order valence-corrected chi connectivity index (χ4v) is 2.87. The molecule has 1 unspecified atom stereocenters. The molecule has 2 aliphatic rings. The summed E-state index contributed by atoms with van der Waals surface area (Å²) in [7, 11) is 3.87. The standard InChI is InChI=1S/C15H22N6/c1-19(2)15-17-8-12(9-18-15)10-20-5-6-21(13-3-4-13)14(7-16)11-20/h8-9,13-14H,3-6,10-11H2,1-2H3. The highest BCUT2D eigenvalue weighted by atomic mass is 15.3. The maximum atomic E-state index is 9.37. The molecule has 1 saturated heterocycles. The largest absolute Gasteiger partial charge is 0.347 e. The van der Waals surface area contributed by atoms with Crippen molar-refractivity contribution in [2.75, 3.05) is 38.6 Å². The van der Waals surface area contributed by atoms with Gasteiger partial charge in [0.1, 0.15) is 6.04 Å². The molecule has 0 radical (unpaired) electrons. The predicted molar refractivity (Wildman–Crippen MR) is 80.8 cm³/mol. The van der Waals surface area contributed by atoms with Crippen molar-refractivity contribution in [3.63, 3.8) is 0 Å². The van der Waals surface area contributed by atoms with Crippen molar-refractivity contribution in [3.05, 3.63) is 18.0 Å². The molecule has 0 spiro atoms. The third-order valence-corrected chi connectivity index (χ3v) is 4.17. The van der Waals surface area contributed by atoms with E-state index in [0.29, 0.717) is 6.04 Å². The molecule has 1 aliphatic carbocycles. The van der Waals surface area contributed by atoms with Crippen LogP contribution in [0.4, 0.5) is 5.95 Å². The lowest BCUT2D eigenvalue weighted by atomic mass is 10.1. The number of aromatic nitrogens is 2. The van der Waals surface area contributed by atoms with Gasteiger partial charge in [-0.3, -0.25) is 9.80 Å². The van der Waals surface area contributed by atoms with Gasteiger partial charge in [0.05, 0.1) is 6.07 Å². The quantitative estimate of drug-likeness (QED) is 0.812. The van der Waals surface area contributed by atoms with Crippen molar-refractivity contribution in [2.45, 2.75) is 31.5 Å². The number of anilines is 1. The summed E-state index contributed by atoms with van der Waals surface area (Å²) in [6.45, 7) is 3.66. The van der Waals surface area contributed by atoms with Gasteiger partial charge in [-0.25, -0.2) is 9.97 Å². The van der Waals surface area contributed by atoms with Crippen molar-refractivity contribution in [1.82, 2.24) is 19.8 Å². The van der Waals surface area contributed by atoms with Gasteiger partial charge < -0.3 is 4.90 Å². The highest BCUT2D eigenvalue weighted by molar-refractivity contribution is 5.26. The number of rotatable bonds is 4. The average molecular weight is 286 g/mol. The third-order valence-electron chi connectivity index (χ3n) is 4.17. The van der Waals surface area contributed by atoms with Crippen molar-refractivity contribution in [3.8, 4) is 6.07 Å². The number of nitrogens with zero attached hydrogens (tertiary/aromatic N) is 6. The summed E-state index contributed by atoms with van der Waals surface area (Å²) >= 11 is 0. The first-order valence-corrected chi connectivity index (χ1v) is 7.53. The minimum absolute atomic E-state index is 0.0354. The van der Waals surface area contributed by atoms with Crippen LogP contribution >= 0.6 is 0 Å². The first-order chi connectivity index (χ1) is 10.2. The van der Waals surface area contributed by atoms with Crippen LogP contribution in [-0.2, 0) is 6.54 Å². The first-order valence-electron chi connectivity index (χ1n) is 7.53. The van der Waals surface area contributed by atoms with E-state index >= 15 is 0 Å². The van der Waals surface area contributed by atoms with Crippen LogP contribution in [0.3, 0.4) is 0 Å². The highest BCUT2D eigenvalue weighted by Crippen LogP contribution is 2.30. The van der Waals surface area contributed by atoms with E-state index in [9.17, 15) is 5.26 Å². The molecule has 0 aromatic carbocycles. The van der Waals surface area contributed by atoms with E-state index in [4.69, 9.17) is 0 Å². The van der Waals surface area contributed by atoms with E-state index in [0.717, 1.165) is 37.7 Å². The molecule has 2 fully saturated rings. The average Bonchev–Trinajstić information content (AvgIpc) is 3.32. The molecule has 21 heavy (non-hydrogen) atoms. The molecule has 6 heteroatoms. The molecule has 1 atom stereocenters. The zero-order valence-corrected chi connectivity index (χ0v) is 12.7. The van der Waals surface area contributed by atoms with Crippen molar-refractivity contribution in [1.29, 1.82) is 5.26 Å². The van der Waals surface area contributed by atoms with Crippen LogP contribution in [0.5, 0.6) is 0 Å². The van der Waals surface area contributed by atoms with Gasteiger partial charge in [0.25, 0.3) is 0 Å². The number of hydrogen-bond donors (Lipinski definition) is 0. The Kier molecular flexibility index (Phi) is 4.04. The summed E-state index contributed by atoms with van der Waals surface area (Å²) in [6.07, 6.45) is 6.30. The Bertz CT molecular complexity index is 516. The van der Waals surface area contributed by atoms with Gasteiger partial charge in [-0.15, -0.1) is 0 Å². The lowest BCUT2D eigenvalue weighted by Crippen LogP contribution is -2.52. The summed E-state index contributed by atoms with van der Waals surface area (Å²) in [6, 6.07) is 3.16. The number of hydrogen-bond acceptors (Lipinski definition) is 6. The van der Waals surface area contributed by atoms with Crippen LogP contribution in [0.2, 0.25) is 0 Å². The summed E-state index contributed by atoms with van der Waals surface area (Å²) in [5.74, 6) is 0.729. The summed E-state index contributed by atoms with van der Waals surface area (Å²) in [5, 5.41) is 9.37. The lowest BCUT2D eigenvalue weighted by Gasteiger charge is -2.38. The Morgan fingerprint density at radius 2 is 2.00 bits per heavy atom. The van der Waals surface area contributed by atoms with Crippen molar-refractivity contribution >= 4 is 5.95 Å². The lowest BCUT2D eigenvalue weighted by molar-refractivity contribution is 0.0896. The Hall–Kier alpha value is -1.71. The van der Waals surface area contributed by atoms with Gasteiger partial charge >= 0.3 is 0 Å². The highest BCUT2D eigenvalue weighted by Gasteiger charge is 2.37. The van der Waals surface area contributed by atoms with E-state index in [1.54, 1.807) is 0 Å². The topological polar surface area (TPSA) is 59.3 Å². The number of piperazine rings is 1. The maximum Gasteiger partial charge on any atom is 0.224 e. The minimum Gasteiger partial charge on any atom is -0.347 e. The smallest absolute Gasteiger partial charge is 0.224 e. The second-order valence-electron chi connectivity index (χ2n) is 6.13. The van der Waals surface area contributed by atoms with Gasteiger partial charge in [0.2, 0.25) is 5.95 Å². The summed E-state index contributed by atoms with van der Waals surface area (Å²) in [4.78, 5) is 15.3. The molecule has 3 rings (SSSR count). The maximum absolute atomic E-state index is 9.37. The Balaban J connectivity index is 1.59. The van der Waals surface area contributed by atoms with Gasteiger partial charge in [0.15, 0.2) is 0 Å². The predicted octanol–water partition coefficient (Wildman–Crippen LogP) is 0.715. The zero-order valence-electron chi connectivity index (χ0n) is 12.7. The van der Waals surface area contributed by atoms with E-state index in [1.165, 1.54) is 12.8 Å². The molecule has 6 nitrogen and oxygen atoms in total. The molecule has 2 heterocycles. The Morgan fingerprint density at radius 1 is 1.29 bits per heavy atom. The van der Waals surface area contributed by atoms with E-state index in [1.807, 2.05) is 31.4 Å². The minimum atomic E-state index is 0.0354. The van der Waals surface area contributed by atoms with Crippen LogP contribution in [0.1, 0.15) is 18.4 Å². The van der Waals surface area contributed by atoms with Gasteiger partial charge in [0, 0.05) is 64.3 Å². The SMILES string of the molecule is CN(C)c1ncc(CN2CCN(C3CC3)C(C#N)C2)cn1. The second-order valence-corrected chi connectivity index (χ2v) is 6.13. The van der Waals surface area contributed by atoms with Gasteiger partial charge in [-0.2, -0.15) is 5.26 Å². The monoisotopic (exact) mass is 286 g/mol. The molecule has 1 aromatic heterocycles. The summed E-state index contributed by atoms with van der Waals surface area (Å²) < 4.78 is 0. The van der Waals surface area contributed by atoms with Crippen molar-refractivity contribution in [2.24, 2.45) is 0 Å². The van der Waals surface area contributed by atoms with Crippen LogP contribution in [-0.4, -0.2) is 65.6 Å². The van der Waals surface area contributed by atoms with Gasteiger partial charge in [-0.1, -0.05) is 0 Å². The molecule has 1 aromatic rings. The molecular weight excluding hydrogens is 264 g/mol. The molecule has 0 N–H and O–H groups in total. The van der Waals surface area contributed by atoms with Crippen LogP contribution in [0, 0.1) is 11.3 Å². The van der Waals surface area contributed by atoms with Crippen LogP contribution in [0.25, 0.3) is 0 Å². The zero-order chi connectivity index (χ0) is 14.8. The first kappa shape index (κ1) is 14.2. The van der Waals surface area contributed by atoms with Crippen LogP contribution < -0.4 is 4.90 Å². The molecule has 0 amide bonds. The molecule has 112 valence electrons. The van der Waals surface area contributed by atoms with Crippen molar-refractivity contribution < 1.29 is 0 Å². The van der Waals surface area contributed by atoms with Gasteiger partial charge in [-0.05, 0) is 12.8 Å².